The maximum atomic E-state index is 12.2. The number of aryl methyl sites for hydroxylation is 1. The number of nitro groups is 1. The van der Waals surface area contributed by atoms with Gasteiger partial charge >= 0.3 is 0 Å². The third-order valence-corrected chi connectivity index (χ3v) is 4.21. The molecule has 0 saturated carbocycles. The summed E-state index contributed by atoms with van der Waals surface area (Å²) < 4.78 is 1.28. The number of benzene rings is 1. The first-order valence-electron chi connectivity index (χ1n) is 8.95. The Morgan fingerprint density at radius 1 is 1.27 bits per heavy atom. The number of nitriles is 1. The van der Waals surface area contributed by atoms with Crippen LogP contribution in [0.5, 0.6) is 0 Å². The van der Waals surface area contributed by atoms with Crippen LogP contribution in [0.4, 0.5) is 11.4 Å². The lowest BCUT2D eigenvalue weighted by Crippen LogP contribution is -2.23. The van der Waals surface area contributed by atoms with Gasteiger partial charge in [-0.1, -0.05) is 0 Å². The Bertz CT molecular complexity index is 1180. The maximum Gasteiger partial charge on any atom is 0.270 e. The molecule has 1 aromatic carbocycles. The molecule has 1 N–H and O–H groups in total. The van der Waals surface area contributed by atoms with Crippen molar-refractivity contribution in [2.45, 2.75) is 19.4 Å². The molecular weight excluding hydrogens is 388 g/mol. The predicted molar refractivity (Wildman–Crippen MR) is 107 cm³/mol. The molecule has 0 aliphatic rings. The average Bonchev–Trinajstić information content (AvgIpc) is 2.75. The number of hydrogen-bond donors (Lipinski definition) is 1. The summed E-state index contributed by atoms with van der Waals surface area (Å²) in [7, 11) is 0. The fourth-order valence-electron chi connectivity index (χ4n) is 2.73. The zero-order valence-electron chi connectivity index (χ0n) is 15.7. The number of amides is 1. The number of pyridine rings is 1. The van der Waals surface area contributed by atoms with E-state index in [9.17, 15) is 19.7 Å². The normalized spacial score (nSPS) is 10.2. The first kappa shape index (κ1) is 20.3. The van der Waals surface area contributed by atoms with Gasteiger partial charge in [0.15, 0.2) is 0 Å². The molecule has 0 saturated heterocycles. The smallest absolute Gasteiger partial charge is 0.270 e. The van der Waals surface area contributed by atoms with E-state index in [-0.39, 0.29) is 41.4 Å². The Morgan fingerprint density at radius 3 is 2.80 bits per heavy atom. The largest absolute Gasteiger partial charge is 0.325 e. The van der Waals surface area contributed by atoms with E-state index >= 15 is 0 Å². The highest BCUT2D eigenvalue weighted by Gasteiger charge is 2.13. The third kappa shape index (κ3) is 4.90. The monoisotopic (exact) mass is 404 g/mol. The van der Waals surface area contributed by atoms with Crippen molar-refractivity contribution in [1.29, 1.82) is 5.26 Å². The molecule has 1 amide bonds. The van der Waals surface area contributed by atoms with Gasteiger partial charge in [0.2, 0.25) is 5.91 Å². The standard InChI is InChI=1S/C20H16N6O4/c21-12-15-11-16(26(29)30)5-6-17(15)23-19(27)4-2-10-25-20(28)8-7-18(24-25)14-3-1-9-22-13-14/h1,3,5-9,11,13H,2,4,10H2,(H,23,27). The minimum Gasteiger partial charge on any atom is -0.325 e. The van der Waals surface area contributed by atoms with Crippen molar-refractivity contribution >= 4 is 17.3 Å². The first-order chi connectivity index (χ1) is 14.5. The summed E-state index contributed by atoms with van der Waals surface area (Å²) in [6.45, 7) is 0.228. The van der Waals surface area contributed by atoms with Crippen LogP contribution in [-0.2, 0) is 11.3 Å². The van der Waals surface area contributed by atoms with Crippen LogP contribution in [0.3, 0.4) is 0 Å². The van der Waals surface area contributed by atoms with Crippen molar-refractivity contribution in [3.8, 4) is 17.3 Å². The van der Waals surface area contributed by atoms with Gasteiger partial charge in [-0.25, -0.2) is 4.68 Å². The molecule has 2 heterocycles. The van der Waals surface area contributed by atoms with Crippen LogP contribution >= 0.6 is 0 Å². The number of rotatable bonds is 7. The van der Waals surface area contributed by atoms with Gasteiger partial charge in [-0.2, -0.15) is 10.4 Å². The van der Waals surface area contributed by atoms with Gasteiger partial charge in [-0.3, -0.25) is 24.7 Å². The fraction of sp³-hybridized carbons (Fsp3) is 0.150. The highest BCUT2D eigenvalue weighted by atomic mass is 16.6. The molecule has 0 aliphatic carbocycles. The van der Waals surface area contributed by atoms with E-state index in [1.165, 1.54) is 22.9 Å². The summed E-state index contributed by atoms with van der Waals surface area (Å²) >= 11 is 0. The molecule has 2 aromatic heterocycles. The Labute approximate surface area is 170 Å². The van der Waals surface area contributed by atoms with E-state index in [0.717, 1.165) is 11.6 Å². The van der Waals surface area contributed by atoms with Gasteiger partial charge in [-0.05, 0) is 30.7 Å². The maximum absolute atomic E-state index is 12.2. The number of nitrogens with zero attached hydrogens (tertiary/aromatic N) is 5. The SMILES string of the molecule is N#Cc1cc([N+](=O)[O-])ccc1NC(=O)CCCn1nc(-c2cccnc2)ccc1=O. The van der Waals surface area contributed by atoms with Crippen LogP contribution in [0.15, 0.2) is 59.7 Å². The number of carbonyl (C=O) groups excluding carboxylic acids is 1. The molecule has 3 rings (SSSR count). The van der Waals surface area contributed by atoms with Crippen LogP contribution in [0.2, 0.25) is 0 Å². The number of nitrogens with one attached hydrogen (secondary N) is 1. The van der Waals surface area contributed by atoms with Crippen LogP contribution < -0.4 is 10.9 Å². The van der Waals surface area contributed by atoms with Gasteiger partial charge in [0.25, 0.3) is 11.2 Å². The molecule has 0 fully saturated rings. The van der Waals surface area contributed by atoms with E-state index in [0.29, 0.717) is 12.1 Å². The molecule has 0 bridgehead atoms. The Balaban J connectivity index is 1.62. The summed E-state index contributed by atoms with van der Waals surface area (Å²) in [5, 5.41) is 26.8. The fourth-order valence-corrected chi connectivity index (χ4v) is 2.73. The zero-order chi connectivity index (χ0) is 21.5. The minimum atomic E-state index is -0.614. The molecule has 0 radical (unpaired) electrons. The minimum absolute atomic E-state index is 0.000363. The molecule has 3 aromatic rings. The highest BCUT2D eigenvalue weighted by Crippen LogP contribution is 2.21. The number of carbonyl (C=O) groups is 1. The Morgan fingerprint density at radius 2 is 2.10 bits per heavy atom. The van der Waals surface area contributed by atoms with Crippen molar-refractivity contribution in [1.82, 2.24) is 14.8 Å². The molecule has 0 spiro atoms. The summed E-state index contributed by atoms with van der Waals surface area (Å²) in [6.07, 6.45) is 3.69. The number of anilines is 1. The van der Waals surface area contributed by atoms with Gasteiger partial charge in [0, 0.05) is 49.1 Å². The second-order valence-electron chi connectivity index (χ2n) is 6.27. The second-order valence-corrected chi connectivity index (χ2v) is 6.27. The van der Waals surface area contributed by atoms with E-state index in [2.05, 4.69) is 15.4 Å². The predicted octanol–water partition coefficient (Wildman–Crippen LogP) is 2.50. The summed E-state index contributed by atoms with van der Waals surface area (Å²) in [4.78, 5) is 38.4. The molecule has 0 unspecified atom stereocenters. The average molecular weight is 404 g/mol. The molecule has 30 heavy (non-hydrogen) atoms. The van der Waals surface area contributed by atoms with Crippen molar-refractivity contribution in [2.75, 3.05) is 5.32 Å². The van der Waals surface area contributed by atoms with E-state index in [4.69, 9.17) is 5.26 Å². The van der Waals surface area contributed by atoms with Crippen molar-refractivity contribution < 1.29 is 9.72 Å². The summed E-state index contributed by atoms with van der Waals surface area (Å²) in [5.74, 6) is -0.378. The van der Waals surface area contributed by atoms with Crippen molar-refractivity contribution in [3.63, 3.8) is 0 Å². The number of aromatic nitrogens is 3. The molecule has 10 heteroatoms. The second kappa shape index (κ2) is 9.20. The highest BCUT2D eigenvalue weighted by molar-refractivity contribution is 5.92. The van der Waals surface area contributed by atoms with Crippen LogP contribution in [-0.4, -0.2) is 25.6 Å². The summed E-state index contributed by atoms with van der Waals surface area (Å²) in [6, 6.07) is 12.1. The lowest BCUT2D eigenvalue weighted by atomic mass is 10.1. The lowest BCUT2D eigenvalue weighted by molar-refractivity contribution is -0.384. The summed E-state index contributed by atoms with van der Waals surface area (Å²) in [5.41, 5.74) is 1.04. The lowest BCUT2D eigenvalue weighted by Gasteiger charge is -2.08. The quantitative estimate of drug-likeness (QED) is 0.470. The topological polar surface area (TPSA) is 144 Å². The van der Waals surface area contributed by atoms with Crippen molar-refractivity contribution in [2.24, 2.45) is 0 Å². The molecular formula is C20H16N6O4. The van der Waals surface area contributed by atoms with Gasteiger partial charge in [0.1, 0.15) is 6.07 Å². The van der Waals surface area contributed by atoms with Crippen LogP contribution in [0, 0.1) is 21.4 Å². The van der Waals surface area contributed by atoms with E-state index in [1.807, 2.05) is 12.1 Å². The van der Waals surface area contributed by atoms with Gasteiger partial charge in [-0.15, -0.1) is 0 Å². The molecule has 10 nitrogen and oxygen atoms in total. The third-order valence-electron chi connectivity index (χ3n) is 4.21. The van der Waals surface area contributed by atoms with Crippen LogP contribution in [0.25, 0.3) is 11.3 Å². The molecule has 0 atom stereocenters. The number of non-ortho nitro benzene ring substituents is 1. The molecule has 150 valence electrons. The molecule has 0 aliphatic heterocycles. The Kier molecular flexibility index (Phi) is 6.24. The van der Waals surface area contributed by atoms with Crippen molar-refractivity contribution in [3.05, 3.63) is 80.9 Å². The number of hydrogen-bond acceptors (Lipinski definition) is 7. The zero-order valence-corrected chi connectivity index (χ0v) is 15.7. The Hall–Kier alpha value is -4.39. The van der Waals surface area contributed by atoms with E-state index < -0.39 is 4.92 Å². The van der Waals surface area contributed by atoms with E-state index in [1.54, 1.807) is 24.5 Å². The number of nitro benzene ring substituents is 1. The van der Waals surface area contributed by atoms with Crippen LogP contribution in [0.1, 0.15) is 18.4 Å². The van der Waals surface area contributed by atoms with Gasteiger partial charge in [0.05, 0.1) is 21.9 Å². The van der Waals surface area contributed by atoms with Gasteiger partial charge < -0.3 is 5.32 Å². The first-order valence-corrected chi connectivity index (χ1v) is 8.95.